The number of hydrogen-bond donors (Lipinski definition) is 3. The molecule has 2 unspecified atom stereocenters. The Hall–Kier alpha value is -1.60. The SMILES string of the molecule is NC(=O)c1ccc(N2CC(O)CC2C(=O)O)c(Br)c1. The van der Waals surface area contributed by atoms with Crippen LogP contribution in [0.15, 0.2) is 22.7 Å². The second-order valence-electron chi connectivity index (χ2n) is 4.43. The normalized spacial score (nSPS) is 22.5. The molecule has 0 aliphatic carbocycles. The van der Waals surface area contributed by atoms with E-state index in [1.807, 2.05) is 0 Å². The zero-order valence-electron chi connectivity index (χ0n) is 9.91. The van der Waals surface area contributed by atoms with Crippen LogP contribution in [0.3, 0.4) is 0 Å². The van der Waals surface area contributed by atoms with Gasteiger partial charge in [-0.15, -0.1) is 0 Å². The molecule has 0 spiro atoms. The summed E-state index contributed by atoms with van der Waals surface area (Å²) in [5, 5.41) is 18.8. The molecule has 2 atom stereocenters. The molecule has 0 aromatic heterocycles. The number of carboxylic acids is 1. The van der Waals surface area contributed by atoms with Crippen molar-refractivity contribution >= 4 is 33.5 Å². The smallest absolute Gasteiger partial charge is 0.326 e. The summed E-state index contributed by atoms with van der Waals surface area (Å²) >= 11 is 3.30. The zero-order valence-corrected chi connectivity index (χ0v) is 11.5. The second kappa shape index (κ2) is 5.18. The Morgan fingerprint density at radius 1 is 1.42 bits per heavy atom. The fourth-order valence-corrected chi connectivity index (χ4v) is 2.81. The van der Waals surface area contributed by atoms with Gasteiger partial charge in [-0.3, -0.25) is 4.79 Å². The summed E-state index contributed by atoms with van der Waals surface area (Å²) < 4.78 is 0.573. The lowest BCUT2D eigenvalue weighted by atomic mass is 10.1. The number of rotatable bonds is 3. The van der Waals surface area contributed by atoms with Crippen LogP contribution in [-0.4, -0.2) is 40.8 Å². The number of aliphatic hydroxyl groups excluding tert-OH is 1. The Morgan fingerprint density at radius 2 is 2.11 bits per heavy atom. The number of nitrogens with zero attached hydrogens (tertiary/aromatic N) is 1. The first-order valence-corrected chi connectivity index (χ1v) is 6.46. The highest BCUT2D eigenvalue weighted by Crippen LogP contribution is 2.33. The Morgan fingerprint density at radius 3 is 2.63 bits per heavy atom. The number of hydrogen-bond acceptors (Lipinski definition) is 4. The molecule has 1 aliphatic rings. The first-order chi connectivity index (χ1) is 8.90. The number of nitrogens with two attached hydrogens (primary N) is 1. The summed E-state index contributed by atoms with van der Waals surface area (Å²) in [7, 11) is 0. The second-order valence-corrected chi connectivity index (χ2v) is 5.28. The minimum absolute atomic E-state index is 0.180. The summed E-state index contributed by atoms with van der Waals surface area (Å²) in [6.45, 7) is 0.242. The van der Waals surface area contributed by atoms with E-state index in [1.165, 1.54) is 6.07 Å². The summed E-state index contributed by atoms with van der Waals surface area (Å²) in [5.41, 5.74) is 6.13. The molecule has 0 radical (unpaired) electrons. The number of halogens is 1. The molecule has 1 saturated heterocycles. The highest BCUT2D eigenvalue weighted by molar-refractivity contribution is 9.10. The molecule has 2 rings (SSSR count). The van der Waals surface area contributed by atoms with Crippen molar-refractivity contribution in [1.82, 2.24) is 0 Å². The van der Waals surface area contributed by atoms with Crippen LogP contribution >= 0.6 is 15.9 Å². The number of β-amino-alcohol motifs (C(OH)–C–C–N with tert-alkyl or cyclic N) is 1. The topological polar surface area (TPSA) is 104 Å². The van der Waals surface area contributed by atoms with Crippen LogP contribution in [0.1, 0.15) is 16.8 Å². The molecule has 1 fully saturated rings. The highest BCUT2D eigenvalue weighted by Gasteiger charge is 2.36. The van der Waals surface area contributed by atoms with Crippen LogP contribution in [0.2, 0.25) is 0 Å². The number of aliphatic hydroxyl groups is 1. The van der Waals surface area contributed by atoms with Gasteiger partial charge in [-0.1, -0.05) is 0 Å². The number of aliphatic carboxylic acids is 1. The monoisotopic (exact) mass is 328 g/mol. The molecular weight excluding hydrogens is 316 g/mol. The maximum atomic E-state index is 11.2. The van der Waals surface area contributed by atoms with Crippen LogP contribution < -0.4 is 10.6 Å². The summed E-state index contributed by atoms with van der Waals surface area (Å²) in [4.78, 5) is 23.8. The van der Waals surface area contributed by atoms with E-state index in [0.717, 1.165) is 0 Å². The molecule has 6 nitrogen and oxygen atoms in total. The van der Waals surface area contributed by atoms with Crippen LogP contribution in [0, 0.1) is 0 Å². The van der Waals surface area contributed by atoms with Crippen molar-refractivity contribution < 1.29 is 19.8 Å². The molecule has 0 bridgehead atoms. The molecule has 7 heteroatoms. The highest BCUT2D eigenvalue weighted by atomic mass is 79.9. The van der Waals surface area contributed by atoms with Crippen molar-refractivity contribution in [2.24, 2.45) is 5.73 Å². The lowest BCUT2D eigenvalue weighted by Crippen LogP contribution is -2.36. The Balaban J connectivity index is 2.36. The predicted molar refractivity (Wildman–Crippen MR) is 72.1 cm³/mol. The largest absolute Gasteiger partial charge is 0.480 e. The number of amides is 1. The van der Waals surface area contributed by atoms with Gasteiger partial charge in [0.05, 0.1) is 11.8 Å². The molecule has 102 valence electrons. The van der Waals surface area contributed by atoms with Crippen molar-refractivity contribution in [1.29, 1.82) is 0 Å². The van der Waals surface area contributed by atoms with Gasteiger partial charge in [-0.2, -0.15) is 0 Å². The predicted octanol–water partition coefficient (Wildman–Crippen LogP) is 0.572. The van der Waals surface area contributed by atoms with Crippen LogP contribution in [-0.2, 0) is 4.79 Å². The minimum Gasteiger partial charge on any atom is -0.480 e. The molecular formula is C12H13BrN2O4. The van der Waals surface area contributed by atoms with Crippen molar-refractivity contribution in [3.05, 3.63) is 28.2 Å². The van der Waals surface area contributed by atoms with Gasteiger partial charge >= 0.3 is 5.97 Å². The lowest BCUT2D eigenvalue weighted by molar-refractivity contribution is -0.138. The quantitative estimate of drug-likeness (QED) is 0.752. The first kappa shape index (κ1) is 13.8. The fraction of sp³-hybridized carbons (Fsp3) is 0.333. The van der Waals surface area contributed by atoms with Crippen molar-refractivity contribution in [2.75, 3.05) is 11.4 Å². The van der Waals surface area contributed by atoms with Gasteiger partial charge in [-0.05, 0) is 34.1 Å². The third-order valence-electron chi connectivity index (χ3n) is 3.11. The van der Waals surface area contributed by atoms with Gasteiger partial charge in [0.15, 0.2) is 0 Å². The zero-order chi connectivity index (χ0) is 14.2. The van der Waals surface area contributed by atoms with Crippen LogP contribution in [0.5, 0.6) is 0 Å². The molecule has 1 aromatic carbocycles. The van der Waals surface area contributed by atoms with E-state index >= 15 is 0 Å². The van der Waals surface area contributed by atoms with Crippen LogP contribution in [0.25, 0.3) is 0 Å². The number of carbonyl (C=O) groups is 2. The standard InChI is InChI=1S/C12H13BrN2O4/c13-8-3-6(11(14)17)1-2-9(8)15-5-7(16)4-10(15)12(18)19/h1-3,7,10,16H,4-5H2,(H2,14,17)(H,18,19). The van der Waals surface area contributed by atoms with E-state index in [0.29, 0.717) is 15.7 Å². The van der Waals surface area contributed by atoms with Crippen LogP contribution in [0.4, 0.5) is 5.69 Å². The maximum Gasteiger partial charge on any atom is 0.326 e. The Kier molecular flexibility index (Phi) is 3.77. The molecule has 19 heavy (non-hydrogen) atoms. The third-order valence-corrected chi connectivity index (χ3v) is 3.74. The minimum atomic E-state index is -0.984. The number of benzene rings is 1. The van der Waals surface area contributed by atoms with Gasteiger partial charge in [-0.25, -0.2) is 4.79 Å². The Labute approximate surface area is 117 Å². The van der Waals surface area contributed by atoms with E-state index < -0.39 is 24.0 Å². The summed E-state index contributed by atoms with van der Waals surface area (Å²) in [6.07, 6.45) is -0.497. The summed E-state index contributed by atoms with van der Waals surface area (Å²) in [5.74, 6) is -1.54. The van der Waals surface area contributed by atoms with Crippen molar-refractivity contribution in [2.45, 2.75) is 18.6 Å². The first-order valence-electron chi connectivity index (χ1n) is 5.67. The van der Waals surface area contributed by atoms with Gasteiger partial charge in [0.1, 0.15) is 6.04 Å². The lowest BCUT2D eigenvalue weighted by Gasteiger charge is -2.24. The fourth-order valence-electron chi connectivity index (χ4n) is 2.21. The van der Waals surface area contributed by atoms with Gasteiger partial charge in [0.25, 0.3) is 0 Å². The van der Waals surface area contributed by atoms with E-state index in [9.17, 15) is 14.7 Å². The molecule has 1 amide bonds. The molecule has 1 aliphatic heterocycles. The summed E-state index contributed by atoms with van der Waals surface area (Å²) in [6, 6.07) is 3.93. The van der Waals surface area contributed by atoms with E-state index in [2.05, 4.69) is 15.9 Å². The molecule has 0 saturated carbocycles. The van der Waals surface area contributed by atoms with Gasteiger partial charge < -0.3 is 20.8 Å². The number of anilines is 1. The van der Waals surface area contributed by atoms with Gasteiger partial charge in [0.2, 0.25) is 5.91 Å². The van der Waals surface area contributed by atoms with Crippen molar-refractivity contribution in [3.8, 4) is 0 Å². The molecule has 1 heterocycles. The van der Waals surface area contributed by atoms with Gasteiger partial charge in [0, 0.05) is 23.0 Å². The average Bonchev–Trinajstić information content (AvgIpc) is 2.71. The third kappa shape index (κ3) is 2.71. The van der Waals surface area contributed by atoms with E-state index in [4.69, 9.17) is 10.8 Å². The molecule has 4 N–H and O–H groups in total. The van der Waals surface area contributed by atoms with E-state index in [1.54, 1.807) is 17.0 Å². The van der Waals surface area contributed by atoms with E-state index in [-0.39, 0.29) is 13.0 Å². The average molecular weight is 329 g/mol. The number of carboxylic acid groups (broad SMARTS) is 1. The number of primary amides is 1. The maximum absolute atomic E-state index is 11.2. The number of carbonyl (C=O) groups excluding carboxylic acids is 1. The Bertz CT molecular complexity index is 534. The molecule has 1 aromatic rings. The van der Waals surface area contributed by atoms with Crippen molar-refractivity contribution in [3.63, 3.8) is 0 Å².